The summed E-state index contributed by atoms with van der Waals surface area (Å²) in [5.41, 5.74) is -4.23. The van der Waals surface area contributed by atoms with E-state index < -0.39 is 34.3 Å². The van der Waals surface area contributed by atoms with Crippen LogP contribution in [0.3, 0.4) is 0 Å². The van der Waals surface area contributed by atoms with Crippen LogP contribution in [-0.2, 0) is 23.9 Å². The Morgan fingerprint density at radius 3 is 2.16 bits per heavy atom. The second-order valence-electron chi connectivity index (χ2n) is 11.2. The Hall–Kier alpha value is -3.62. The molecule has 3 rings (SSSR count). The van der Waals surface area contributed by atoms with Gasteiger partial charge in [-0.2, -0.15) is 0 Å². The van der Waals surface area contributed by atoms with Gasteiger partial charge < -0.3 is 23.9 Å². The summed E-state index contributed by atoms with van der Waals surface area (Å²) in [7, 11) is 1.42. The maximum atomic E-state index is 13.9. The van der Waals surface area contributed by atoms with Gasteiger partial charge in [-0.3, -0.25) is 9.59 Å². The van der Waals surface area contributed by atoms with Gasteiger partial charge >= 0.3 is 17.6 Å². The van der Waals surface area contributed by atoms with Crippen molar-refractivity contribution >= 4 is 40.0 Å². The first-order valence-electron chi connectivity index (χ1n) is 12.7. The van der Waals surface area contributed by atoms with Gasteiger partial charge in [0.1, 0.15) is 0 Å². The summed E-state index contributed by atoms with van der Waals surface area (Å²) >= 11 is 0. The second-order valence-corrected chi connectivity index (χ2v) is 11.2. The highest BCUT2D eigenvalue weighted by Gasteiger charge is 2.59. The summed E-state index contributed by atoms with van der Waals surface area (Å²) < 4.78 is 21.9. The van der Waals surface area contributed by atoms with Gasteiger partial charge in [0.2, 0.25) is 0 Å². The number of carbonyl (C=O) groups excluding carboxylic acids is 3. The number of hydrogen-bond acceptors (Lipinski definition) is 9. The fourth-order valence-corrected chi connectivity index (χ4v) is 5.61. The molecule has 1 unspecified atom stereocenters. The maximum absolute atomic E-state index is 13.9. The van der Waals surface area contributed by atoms with Crippen molar-refractivity contribution in [3.63, 3.8) is 0 Å². The first-order chi connectivity index (χ1) is 17.7. The highest BCUT2D eigenvalue weighted by molar-refractivity contribution is 6.33. The Balaban J connectivity index is 2.69. The molecule has 1 atom stereocenters. The van der Waals surface area contributed by atoms with Gasteiger partial charge in [0.05, 0.1) is 36.8 Å². The van der Waals surface area contributed by atoms with Crippen LogP contribution in [0.25, 0.3) is 22.2 Å². The Labute approximate surface area is 221 Å². The number of carbonyl (C=O) groups is 3. The zero-order valence-electron chi connectivity index (χ0n) is 23.6. The number of hydrogen-bond donors (Lipinski definition) is 1. The number of ether oxygens (including phenoxy) is 3. The van der Waals surface area contributed by atoms with Crippen molar-refractivity contribution in [3.8, 4) is 5.75 Å². The van der Waals surface area contributed by atoms with Crippen LogP contribution in [0.15, 0.2) is 27.4 Å². The smallest absolute Gasteiger partial charge is 0.346 e. The molecule has 206 valence electrons. The summed E-state index contributed by atoms with van der Waals surface area (Å²) in [5, 5.41) is 3.64. The van der Waals surface area contributed by atoms with Crippen LogP contribution in [-0.4, -0.2) is 43.6 Å². The van der Waals surface area contributed by atoms with E-state index in [0.29, 0.717) is 11.8 Å². The molecule has 0 aliphatic heterocycles. The molecule has 9 heteroatoms. The lowest BCUT2D eigenvalue weighted by molar-refractivity contribution is -0.154. The molecule has 0 amide bonds. The van der Waals surface area contributed by atoms with Gasteiger partial charge in [-0.1, -0.05) is 32.9 Å². The Bertz CT molecular complexity index is 1470. The molecule has 1 aromatic carbocycles. The number of methoxy groups -OCH3 is 1. The first kappa shape index (κ1) is 28.9. The van der Waals surface area contributed by atoms with Gasteiger partial charge in [-0.05, 0) is 52.5 Å². The molecule has 1 N–H and O–H groups in total. The highest BCUT2D eigenvalue weighted by atomic mass is 16.5. The fourth-order valence-electron chi connectivity index (χ4n) is 5.61. The third-order valence-electron chi connectivity index (χ3n) is 6.39. The second kappa shape index (κ2) is 10.3. The van der Waals surface area contributed by atoms with Gasteiger partial charge in [0.15, 0.2) is 22.5 Å². The van der Waals surface area contributed by atoms with Crippen LogP contribution in [0.5, 0.6) is 5.75 Å². The Morgan fingerprint density at radius 1 is 1.00 bits per heavy atom. The molecule has 1 aliphatic carbocycles. The lowest BCUT2D eigenvalue weighted by Gasteiger charge is -2.39. The SMILES string of the molecule is CCOC(=O)C1=c2c(c(=O)oc3c(OC)cccc23)=C(NC(C)(C)CC(C)(C)C)C1(C(C)=O)C(=O)OCC. The van der Waals surface area contributed by atoms with Crippen LogP contribution in [0, 0.1) is 10.8 Å². The molecule has 0 fully saturated rings. The topological polar surface area (TPSA) is 121 Å². The predicted octanol–water partition coefficient (Wildman–Crippen LogP) is 2.58. The quantitative estimate of drug-likeness (QED) is 0.298. The van der Waals surface area contributed by atoms with E-state index in [9.17, 15) is 19.2 Å². The van der Waals surface area contributed by atoms with Crippen molar-refractivity contribution in [1.29, 1.82) is 0 Å². The van der Waals surface area contributed by atoms with E-state index in [0.717, 1.165) is 0 Å². The first-order valence-corrected chi connectivity index (χ1v) is 12.7. The Kier molecular flexibility index (Phi) is 7.82. The van der Waals surface area contributed by atoms with Gasteiger partial charge in [0, 0.05) is 16.1 Å². The number of benzene rings is 1. The zero-order valence-corrected chi connectivity index (χ0v) is 23.6. The van der Waals surface area contributed by atoms with Crippen LogP contribution >= 0.6 is 0 Å². The van der Waals surface area contributed by atoms with Crippen molar-refractivity contribution in [3.05, 3.63) is 39.1 Å². The maximum Gasteiger partial charge on any atom is 0.346 e. The van der Waals surface area contributed by atoms with E-state index in [1.165, 1.54) is 14.0 Å². The molecular weight excluding hydrogens is 490 g/mol. The van der Waals surface area contributed by atoms with Gasteiger partial charge in [-0.15, -0.1) is 0 Å². The predicted molar refractivity (Wildman–Crippen MR) is 143 cm³/mol. The minimum atomic E-state index is -2.27. The van der Waals surface area contributed by atoms with E-state index in [2.05, 4.69) is 26.1 Å². The lowest BCUT2D eigenvalue weighted by Crippen LogP contribution is -2.53. The molecule has 38 heavy (non-hydrogen) atoms. The normalized spacial score (nSPS) is 17.3. The molecule has 0 saturated heterocycles. The third-order valence-corrected chi connectivity index (χ3v) is 6.39. The number of nitrogens with one attached hydrogen (secondary N) is 1. The van der Waals surface area contributed by atoms with Gasteiger partial charge in [0.25, 0.3) is 0 Å². The molecule has 9 nitrogen and oxygen atoms in total. The fraction of sp³-hybridized carbons (Fsp3) is 0.517. The minimum Gasteiger partial charge on any atom is -0.493 e. The van der Waals surface area contributed by atoms with Crippen LogP contribution in [0.2, 0.25) is 0 Å². The number of esters is 2. The van der Waals surface area contributed by atoms with Crippen molar-refractivity contribution in [2.75, 3.05) is 20.3 Å². The van der Waals surface area contributed by atoms with Gasteiger partial charge in [-0.25, -0.2) is 9.59 Å². The summed E-state index contributed by atoms with van der Waals surface area (Å²) in [6, 6.07) is 4.91. The van der Waals surface area contributed by atoms with Crippen LogP contribution in [0.4, 0.5) is 0 Å². The third kappa shape index (κ3) is 4.81. The molecule has 1 heterocycles. The molecule has 1 aliphatic rings. The summed E-state index contributed by atoms with van der Waals surface area (Å²) in [6.45, 7) is 14.3. The largest absolute Gasteiger partial charge is 0.493 e. The number of rotatable bonds is 9. The number of Topliss-reactive ketones (excluding diaryl/α,β-unsaturated/α-hetero) is 1. The van der Waals surface area contributed by atoms with Crippen LogP contribution < -0.4 is 26.1 Å². The zero-order chi connectivity index (χ0) is 28.6. The summed E-state index contributed by atoms with van der Waals surface area (Å²) in [6.07, 6.45) is 0.594. The average Bonchev–Trinajstić information content (AvgIpc) is 3.09. The Morgan fingerprint density at radius 2 is 1.63 bits per heavy atom. The van der Waals surface area contributed by atoms with Crippen molar-refractivity contribution in [2.24, 2.45) is 10.8 Å². The van der Waals surface area contributed by atoms with Crippen molar-refractivity contribution in [2.45, 2.75) is 67.3 Å². The molecule has 2 aromatic rings. The van der Waals surface area contributed by atoms with Crippen molar-refractivity contribution < 1.29 is 33.0 Å². The molecule has 0 saturated carbocycles. The standard InChI is InChI=1S/C29H37NO8/c1-10-36-25(33)21-19-17-13-12-14-18(35-9)22(17)38-24(32)20(19)23(30-28(7,8)15-27(4,5)6)29(21,16(3)31)26(34)37-11-2/h12-14,30H,10-11,15H2,1-9H3. The van der Waals surface area contributed by atoms with E-state index in [1.54, 1.807) is 32.0 Å². The van der Waals surface area contributed by atoms with E-state index >= 15 is 0 Å². The number of para-hydroxylation sites is 1. The molecule has 1 aromatic heterocycles. The molecule has 0 bridgehead atoms. The average molecular weight is 528 g/mol. The van der Waals surface area contributed by atoms with Crippen molar-refractivity contribution in [1.82, 2.24) is 5.32 Å². The van der Waals surface area contributed by atoms with E-state index in [-0.39, 0.29) is 51.7 Å². The lowest BCUT2D eigenvalue weighted by atomic mass is 9.74. The van der Waals surface area contributed by atoms with E-state index in [4.69, 9.17) is 18.6 Å². The molecular formula is C29H37NO8. The van der Waals surface area contributed by atoms with E-state index in [1.807, 2.05) is 13.8 Å². The monoisotopic (exact) mass is 527 g/mol. The van der Waals surface area contributed by atoms with Crippen LogP contribution in [0.1, 0.15) is 61.8 Å². The molecule has 0 radical (unpaired) electrons. The summed E-state index contributed by atoms with van der Waals surface area (Å²) in [4.78, 5) is 54.9. The number of fused-ring (bicyclic) bond motifs is 3. The highest BCUT2D eigenvalue weighted by Crippen LogP contribution is 2.43. The molecule has 0 spiro atoms. The summed E-state index contributed by atoms with van der Waals surface area (Å²) in [5.74, 6) is -2.32. The number of ketones is 1. The minimum absolute atomic E-state index is 0.0184.